The van der Waals surface area contributed by atoms with Crippen LogP contribution in [-0.2, 0) is 4.74 Å². The van der Waals surface area contributed by atoms with E-state index in [2.05, 4.69) is 12.6 Å². The molecule has 0 unspecified atom stereocenters. The minimum atomic E-state index is 0.303. The van der Waals surface area contributed by atoms with Gasteiger partial charge in [-0.2, -0.15) is 12.6 Å². The highest BCUT2D eigenvalue weighted by Gasteiger charge is 2.51. The normalized spacial score (nSPS) is 49.9. The van der Waals surface area contributed by atoms with Crippen molar-refractivity contribution in [3.63, 3.8) is 0 Å². The zero-order valence-corrected chi connectivity index (χ0v) is 9.64. The maximum Gasteiger partial charge on any atom is 0.0690 e. The second-order valence-corrected chi connectivity index (χ2v) is 6.12. The molecule has 80 valence electrons. The number of thiol groups is 1. The molecule has 0 aliphatic heterocycles. The van der Waals surface area contributed by atoms with Crippen molar-refractivity contribution in [1.29, 1.82) is 0 Å². The van der Waals surface area contributed by atoms with Crippen molar-refractivity contribution in [2.45, 2.75) is 44.1 Å². The van der Waals surface area contributed by atoms with E-state index in [-0.39, 0.29) is 0 Å². The van der Waals surface area contributed by atoms with Crippen molar-refractivity contribution in [2.75, 3.05) is 12.4 Å². The highest BCUT2D eigenvalue weighted by Crippen LogP contribution is 2.56. The quantitative estimate of drug-likeness (QED) is 0.708. The van der Waals surface area contributed by atoms with Crippen molar-refractivity contribution in [3.8, 4) is 0 Å². The van der Waals surface area contributed by atoms with Gasteiger partial charge in [-0.05, 0) is 56.3 Å². The summed E-state index contributed by atoms with van der Waals surface area (Å²) in [4.78, 5) is 0. The molecule has 4 aliphatic rings. The third kappa shape index (κ3) is 1.51. The Balaban J connectivity index is 1.74. The second-order valence-electron chi connectivity index (χ2n) is 5.67. The van der Waals surface area contributed by atoms with Crippen LogP contribution in [0.5, 0.6) is 0 Å². The minimum absolute atomic E-state index is 0.303. The van der Waals surface area contributed by atoms with Crippen molar-refractivity contribution < 1.29 is 4.74 Å². The first-order valence-corrected chi connectivity index (χ1v) is 6.68. The van der Waals surface area contributed by atoms with Crippen molar-refractivity contribution >= 4 is 12.6 Å². The molecule has 0 atom stereocenters. The minimum Gasteiger partial charge on any atom is -0.374 e. The molecule has 4 saturated carbocycles. The summed E-state index contributed by atoms with van der Waals surface area (Å²) in [6, 6.07) is 0. The molecule has 0 N–H and O–H groups in total. The largest absolute Gasteiger partial charge is 0.374 e. The maximum absolute atomic E-state index is 6.12. The first kappa shape index (κ1) is 9.53. The van der Waals surface area contributed by atoms with Crippen molar-refractivity contribution in [3.05, 3.63) is 0 Å². The van der Waals surface area contributed by atoms with Crippen LogP contribution in [0.1, 0.15) is 38.5 Å². The summed E-state index contributed by atoms with van der Waals surface area (Å²) < 4.78 is 6.12. The Kier molecular flexibility index (Phi) is 2.32. The van der Waals surface area contributed by atoms with Crippen LogP contribution in [0.15, 0.2) is 0 Å². The highest BCUT2D eigenvalue weighted by molar-refractivity contribution is 7.80. The molecule has 0 amide bonds. The zero-order valence-electron chi connectivity index (χ0n) is 8.74. The summed E-state index contributed by atoms with van der Waals surface area (Å²) in [7, 11) is 0. The Hall–Kier alpha value is 0.310. The van der Waals surface area contributed by atoms with E-state index in [0.717, 1.165) is 30.1 Å². The Labute approximate surface area is 92.0 Å². The van der Waals surface area contributed by atoms with E-state index >= 15 is 0 Å². The first-order chi connectivity index (χ1) is 6.80. The van der Waals surface area contributed by atoms with Crippen molar-refractivity contribution in [1.82, 2.24) is 0 Å². The smallest absolute Gasteiger partial charge is 0.0690 e. The standard InChI is InChI=1S/C12H20OS/c14-2-1-13-12-6-9-3-10(7-12)5-11(4-9)8-12/h9-11,14H,1-8H2. The fraction of sp³-hybridized carbons (Fsp3) is 1.00. The molecule has 0 heterocycles. The molecule has 14 heavy (non-hydrogen) atoms. The lowest BCUT2D eigenvalue weighted by molar-refractivity contribution is -0.158. The van der Waals surface area contributed by atoms with E-state index < -0.39 is 0 Å². The summed E-state index contributed by atoms with van der Waals surface area (Å²) in [6.45, 7) is 0.856. The monoisotopic (exact) mass is 212 g/mol. The van der Waals surface area contributed by atoms with E-state index in [0.29, 0.717) is 5.60 Å². The number of hydrogen-bond donors (Lipinski definition) is 1. The molecule has 0 spiro atoms. The predicted molar refractivity (Wildman–Crippen MR) is 60.7 cm³/mol. The summed E-state index contributed by atoms with van der Waals surface area (Å²) in [5.41, 5.74) is 0.303. The Morgan fingerprint density at radius 2 is 1.50 bits per heavy atom. The van der Waals surface area contributed by atoms with Gasteiger partial charge in [-0.3, -0.25) is 0 Å². The van der Waals surface area contributed by atoms with Gasteiger partial charge in [-0.25, -0.2) is 0 Å². The highest BCUT2D eigenvalue weighted by atomic mass is 32.1. The molecular weight excluding hydrogens is 192 g/mol. The number of rotatable bonds is 3. The Bertz CT molecular complexity index is 191. The molecule has 0 aromatic rings. The van der Waals surface area contributed by atoms with Crippen LogP contribution in [0.2, 0.25) is 0 Å². The molecule has 1 nitrogen and oxygen atoms in total. The molecule has 0 saturated heterocycles. The molecular formula is C12H20OS. The third-order valence-electron chi connectivity index (χ3n) is 4.48. The lowest BCUT2D eigenvalue weighted by atomic mass is 9.54. The van der Waals surface area contributed by atoms with Gasteiger partial charge >= 0.3 is 0 Å². The van der Waals surface area contributed by atoms with Gasteiger partial charge in [0.1, 0.15) is 0 Å². The van der Waals surface area contributed by atoms with Crippen LogP contribution in [-0.4, -0.2) is 18.0 Å². The average Bonchev–Trinajstić information content (AvgIpc) is 2.12. The van der Waals surface area contributed by atoms with Gasteiger partial charge in [0.15, 0.2) is 0 Å². The summed E-state index contributed by atoms with van der Waals surface area (Å²) >= 11 is 4.25. The predicted octanol–water partition coefficient (Wildman–Crippen LogP) is 2.90. The van der Waals surface area contributed by atoms with Gasteiger partial charge in [0.25, 0.3) is 0 Å². The van der Waals surface area contributed by atoms with Gasteiger partial charge in [-0.1, -0.05) is 0 Å². The fourth-order valence-electron chi connectivity index (χ4n) is 4.47. The molecule has 2 heteroatoms. The van der Waals surface area contributed by atoms with E-state index in [1.54, 1.807) is 0 Å². The van der Waals surface area contributed by atoms with Crippen LogP contribution in [0.25, 0.3) is 0 Å². The summed E-state index contributed by atoms with van der Waals surface area (Å²) in [5.74, 6) is 3.88. The second kappa shape index (κ2) is 3.41. The van der Waals surface area contributed by atoms with Gasteiger partial charge in [0.2, 0.25) is 0 Å². The summed E-state index contributed by atoms with van der Waals surface area (Å²) in [6.07, 6.45) is 8.57. The molecule has 0 aromatic heterocycles. The number of hydrogen-bond acceptors (Lipinski definition) is 2. The van der Waals surface area contributed by atoms with Crippen molar-refractivity contribution in [2.24, 2.45) is 17.8 Å². The van der Waals surface area contributed by atoms with Gasteiger partial charge in [0, 0.05) is 5.75 Å². The van der Waals surface area contributed by atoms with Crippen LogP contribution in [0.3, 0.4) is 0 Å². The molecule has 4 aliphatic carbocycles. The van der Waals surface area contributed by atoms with E-state index in [1.165, 1.54) is 38.5 Å². The lowest BCUT2D eigenvalue weighted by Gasteiger charge is -2.56. The van der Waals surface area contributed by atoms with Crippen LogP contribution < -0.4 is 0 Å². The SMILES string of the molecule is SCCOC12CC3CC(CC(C3)C1)C2. The molecule has 4 fully saturated rings. The van der Waals surface area contributed by atoms with E-state index in [9.17, 15) is 0 Å². The van der Waals surface area contributed by atoms with Crippen LogP contribution >= 0.6 is 12.6 Å². The molecule has 4 rings (SSSR count). The molecule has 0 aromatic carbocycles. The lowest BCUT2D eigenvalue weighted by Crippen LogP contribution is -2.52. The molecule has 0 radical (unpaired) electrons. The maximum atomic E-state index is 6.12. The summed E-state index contributed by atoms with van der Waals surface area (Å²) in [5, 5.41) is 0. The van der Waals surface area contributed by atoms with Gasteiger partial charge in [-0.15, -0.1) is 0 Å². The van der Waals surface area contributed by atoms with Gasteiger partial charge < -0.3 is 4.74 Å². The average molecular weight is 212 g/mol. The van der Waals surface area contributed by atoms with Crippen LogP contribution in [0.4, 0.5) is 0 Å². The van der Waals surface area contributed by atoms with Gasteiger partial charge in [0.05, 0.1) is 12.2 Å². The third-order valence-corrected chi connectivity index (χ3v) is 4.66. The Morgan fingerprint density at radius 1 is 1.00 bits per heavy atom. The van der Waals surface area contributed by atoms with E-state index in [1.807, 2.05) is 0 Å². The Morgan fingerprint density at radius 3 is 1.93 bits per heavy atom. The molecule has 4 bridgehead atoms. The van der Waals surface area contributed by atoms with Crippen LogP contribution in [0, 0.1) is 17.8 Å². The van der Waals surface area contributed by atoms with E-state index in [4.69, 9.17) is 4.74 Å². The topological polar surface area (TPSA) is 9.23 Å². The number of ether oxygens (including phenoxy) is 1. The zero-order chi connectivity index (χ0) is 9.60. The fourth-order valence-corrected chi connectivity index (χ4v) is 4.56. The first-order valence-electron chi connectivity index (χ1n) is 6.04.